The normalized spacial score (nSPS) is 14.2. The van der Waals surface area contributed by atoms with Crippen LogP contribution in [-0.4, -0.2) is 49.6 Å². The minimum atomic E-state index is -4.12. The summed E-state index contributed by atoms with van der Waals surface area (Å²) in [6.07, 6.45) is 0. The minimum Gasteiger partial charge on any atom is -0.480 e. The van der Waals surface area contributed by atoms with E-state index in [1.807, 2.05) is 0 Å². The fourth-order valence-corrected chi connectivity index (χ4v) is 2.92. The van der Waals surface area contributed by atoms with Crippen LogP contribution in [-0.2, 0) is 19.6 Å². The standard InChI is InChI=1S/C13H18N2O5S/c1-9(12(16)15(2)3)21(19,20)14-11(13(17)18)10-7-5-4-6-8-10/h4-9,11,14H,1-3H3,(H,17,18)/t9?,11-/m0/s1. The number of carboxylic acid groups (broad SMARTS) is 1. The number of nitrogens with zero attached hydrogens (tertiary/aromatic N) is 1. The van der Waals surface area contributed by atoms with Crippen LogP contribution in [0.4, 0.5) is 0 Å². The lowest BCUT2D eigenvalue weighted by atomic mass is 10.1. The molecule has 1 unspecified atom stereocenters. The number of aliphatic carboxylic acids is 1. The number of carbonyl (C=O) groups is 2. The van der Waals surface area contributed by atoms with E-state index in [0.717, 1.165) is 4.90 Å². The maximum Gasteiger partial charge on any atom is 0.326 e. The van der Waals surface area contributed by atoms with Gasteiger partial charge >= 0.3 is 5.97 Å². The Morgan fingerprint density at radius 3 is 2.14 bits per heavy atom. The smallest absolute Gasteiger partial charge is 0.326 e. The molecule has 0 aliphatic carbocycles. The molecule has 0 heterocycles. The third-order valence-electron chi connectivity index (χ3n) is 2.92. The predicted molar refractivity (Wildman–Crippen MR) is 77.0 cm³/mol. The molecule has 2 atom stereocenters. The van der Waals surface area contributed by atoms with Crippen molar-refractivity contribution in [2.75, 3.05) is 14.1 Å². The molecule has 0 saturated carbocycles. The zero-order valence-corrected chi connectivity index (χ0v) is 12.8. The molecule has 0 spiro atoms. The molecule has 0 radical (unpaired) electrons. The largest absolute Gasteiger partial charge is 0.480 e. The first-order valence-corrected chi connectivity index (χ1v) is 7.71. The Kier molecular flexibility index (Phi) is 5.45. The third-order valence-corrected chi connectivity index (χ3v) is 4.61. The number of hydrogen-bond acceptors (Lipinski definition) is 4. The van der Waals surface area contributed by atoms with E-state index in [4.69, 9.17) is 0 Å². The SMILES string of the molecule is CC(C(=O)N(C)C)S(=O)(=O)N[C@H](C(=O)O)c1ccccc1. The van der Waals surface area contributed by atoms with Gasteiger partial charge in [0.25, 0.3) is 0 Å². The van der Waals surface area contributed by atoms with E-state index in [1.54, 1.807) is 18.2 Å². The average molecular weight is 314 g/mol. The lowest BCUT2D eigenvalue weighted by Crippen LogP contribution is -2.45. The summed E-state index contributed by atoms with van der Waals surface area (Å²) in [6.45, 7) is 1.22. The van der Waals surface area contributed by atoms with Gasteiger partial charge < -0.3 is 10.0 Å². The molecule has 0 fully saturated rings. The summed E-state index contributed by atoms with van der Waals surface area (Å²) >= 11 is 0. The maximum absolute atomic E-state index is 12.1. The van der Waals surface area contributed by atoms with Gasteiger partial charge in [-0.3, -0.25) is 9.59 Å². The highest BCUT2D eigenvalue weighted by molar-refractivity contribution is 7.90. The Bertz CT molecular complexity index is 613. The molecular formula is C13H18N2O5S. The monoisotopic (exact) mass is 314 g/mol. The Balaban J connectivity index is 3.04. The molecule has 8 heteroatoms. The summed E-state index contributed by atoms with van der Waals surface area (Å²) in [5, 5.41) is 7.82. The van der Waals surface area contributed by atoms with Crippen LogP contribution in [0.3, 0.4) is 0 Å². The Hall–Kier alpha value is -1.93. The van der Waals surface area contributed by atoms with Gasteiger partial charge in [0.15, 0.2) is 5.25 Å². The third kappa shape index (κ3) is 4.27. The van der Waals surface area contributed by atoms with E-state index in [2.05, 4.69) is 4.72 Å². The number of carbonyl (C=O) groups excluding carboxylic acids is 1. The second kappa shape index (κ2) is 6.68. The van der Waals surface area contributed by atoms with E-state index in [0.29, 0.717) is 0 Å². The lowest BCUT2D eigenvalue weighted by Gasteiger charge is -2.20. The first-order chi connectivity index (χ1) is 9.66. The van der Waals surface area contributed by atoms with Crippen LogP contribution in [0.2, 0.25) is 0 Å². The zero-order chi connectivity index (χ0) is 16.2. The highest BCUT2D eigenvalue weighted by atomic mass is 32.2. The summed E-state index contributed by atoms with van der Waals surface area (Å²) < 4.78 is 26.4. The number of nitrogens with one attached hydrogen (secondary N) is 1. The summed E-state index contributed by atoms with van der Waals surface area (Å²) in [4.78, 5) is 24.2. The van der Waals surface area contributed by atoms with Gasteiger partial charge in [0.2, 0.25) is 15.9 Å². The molecule has 21 heavy (non-hydrogen) atoms. The number of rotatable bonds is 6. The van der Waals surface area contributed by atoms with E-state index in [-0.39, 0.29) is 5.56 Å². The van der Waals surface area contributed by atoms with Crippen molar-refractivity contribution < 1.29 is 23.1 Å². The predicted octanol–water partition coefficient (Wildman–Crippen LogP) is 0.208. The van der Waals surface area contributed by atoms with Crippen LogP contribution >= 0.6 is 0 Å². The minimum absolute atomic E-state index is 0.290. The summed E-state index contributed by atoms with van der Waals surface area (Å²) in [5.74, 6) is -1.96. The second-order valence-electron chi connectivity index (χ2n) is 4.72. The van der Waals surface area contributed by atoms with Crippen molar-refractivity contribution in [1.29, 1.82) is 0 Å². The molecule has 0 aliphatic rings. The van der Waals surface area contributed by atoms with E-state index in [9.17, 15) is 23.1 Å². The molecule has 1 aromatic carbocycles. The Morgan fingerprint density at radius 2 is 1.71 bits per heavy atom. The first-order valence-electron chi connectivity index (χ1n) is 6.17. The van der Waals surface area contributed by atoms with Gasteiger partial charge in [-0.2, -0.15) is 4.72 Å². The molecule has 1 amide bonds. The fourth-order valence-electron chi connectivity index (χ4n) is 1.67. The number of sulfonamides is 1. The van der Waals surface area contributed by atoms with Gasteiger partial charge in [-0.1, -0.05) is 30.3 Å². The molecule has 7 nitrogen and oxygen atoms in total. The van der Waals surface area contributed by atoms with E-state index >= 15 is 0 Å². The highest BCUT2D eigenvalue weighted by Gasteiger charge is 2.34. The van der Waals surface area contributed by atoms with Gasteiger partial charge in [0.05, 0.1) is 0 Å². The Morgan fingerprint density at radius 1 is 1.19 bits per heavy atom. The van der Waals surface area contributed by atoms with Crippen molar-refractivity contribution in [3.8, 4) is 0 Å². The van der Waals surface area contributed by atoms with Crippen molar-refractivity contribution in [2.45, 2.75) is 18.2 Å². The van der Waals surface area contributed by atoms with Crippen molar-refractivity contribution >= 4 is 21.9 Å². The number of hydrogen-bond donors (Lipinski definition) is 2. The number of amides is 1. The molecule has 0 aromatic heterocycles. The summed E-state index contributed by atoms with van der Waals surface area (Å²) in [6, 6.07) is 6.46. The number of carboxylic acids is 1. The van der Waals surface area contributed by atoms with E-state index in [1.165, 1.54) is 33.2 Å². The summed E-state index contributed by atoms with van der Waals surface area (Å²) in [5.41, 5.74) is 0.290. The second-order valence-corrected chi connectivity index (χ2v) is 6.75. The molecule has 2 N–H and O–H groups in total. The molecule has 116 valence electrons. The van der Waals surface area contributed by atoms with Crippen molar-refractivity contribution in [1.82, 2.24) is 9.62 Å². The molecule has 1 rings (SSSR count). The topological polar surface area (TPSA) is 104 Å². The molecule has 1 aromatic rings. The van der Waals surface area contributed by atoms with Crippen molar-refractivity contribution in [3.05, 3.63) is 35.9 Å². The van der Waals surface area contributed by atoms with Crippen LogP contribution < -0.4 is 4.72 Å². The van der Waals surface area contributed by atoms with Gasteiger partial charge in [-0.15, -0.1) is 0 Å². The molecule has 0 saturated heterocycles. The van der Waals surface area contributed by atoms with Crippen LogP contribution in [0.5, 0.6) is 0 Å². The van der Waals surface area contributed by atoms with Crippen LogP contribution in [0.15, 0.2) is 30.3 Å². The molecule has 0 aliphatic heterocycles. The quantitative estimate of drug-likeness (QED) is 0.781. The van der Waals surface area contributed by atoms with Gasteiger partial charge in [-0.05, 0) is 12.5 Å². The maximum atomic E-state index is 12.1. The van der Waals surface area contributed by atoms with Gasteiger partial charge in [-0.25, -0.2) is 8.42 Å². The van der Waals surface area contributed by atoms with Crippen LogP contribution in [0, 0.1) is 0 Å². The lowest BCUT2D eigenvalue weighted by molar-refractivity contribution is -0.139. The zero-order valence-electron chi connectivity index (χ0n) is 12.0. The van der Waals surface area contributed by atoms with Gasteiger partial charge in [0, 0.05) is 14.1 Å². The first kappa shape index (κ1) is 17.1. The summed E-state index contributed by atoms with van der Waals surface area (Å²) in [7, 11) is -1.26. The van der Waals surface area contributed by atoms with Crippen LogP contribution in [0.1, 0.15) is 18.5 Å². The van der Waals surface area contributed by atoms with Gasteiger partial charge in [0.1, 0.15) is 6.04 Å². The Labute approximate surface area is 123 Å². The van der Waals surface area contributed by atoms with Crippen molar-refractivity contribution in [3.63, 3.8) is 0 Å². The highest BCUT2D eigenvalue weighted by Crippen LogP contribution is 2.16. The number of benzene rings is 1. The van der Waals surface area contributed by atoms with Crippen LogP contribution in [0.25, 0.3) is 0 Å². The van der Waals surface area contributed by atoms with Crippen molar-refractivity contribution in [2.24, 2.45) is 0 Å². The van der Waals surface area contributed by atoms with E-state index < -0.39 is 33.2 Å². The fraction of sp³-hybridized carbons (Fsp3) is 0.385. The molecular weight excluding hydrogens is 296 g/mol. The average Bonchev–Trinajstić information content (AvgIpc) is 2.43. The molecule has 0 bridgehead atoms.